The first-order valence-corrected chi connectivity index (χ1v) is 8.70. The van der Waals surface area contributed by atoms with Crippen molar-refractivity contribution in [2.24, 2.45) is 0 Å². The number of carbonyl (C=O) groups excluding carboxylic acids is 1. The van der Waals surface area contributed by atoms with E-state index in [9.17, 15) is 4.79 Å². The molecule has 116 valence electrons. The second-order valence-electron chi connectivity index (χ2n) is 5.85. The fraction of sp³-hybridized carbons (Fsp3) is 0.389. The number of carbonyl (C=O) groups is 1. The normalized spacial score (nSPS) is 18.5. The van der Waals surface area contributed by atoms with Crippen LogP contribution in [-0.2, 0) is 11.3 Å². The molecule has 1 aliphatic rings. The van der Waals surface area contributed by atoms with Gasteiger partial charge in [-0.1, -0.05) is 30.3 Å². The zero-order valence-corrected chi connectivity index (χ0v) is 13.7. The summed E-state index contributed by atoms with van der Waals surface area (Å²) in [5.74, 6) is 0.117. The molecule has 4 heteroatoms. The van der Waals surface area contributed by atoms with Gasteiger partial charge in [0.25, 0.3) is 0 Å². The molecule has 1 aliphatic heterocycles. The molecule has 3 nitrogen and oxygen atoms in total. The third-order valence-corrected chi connectivity index (χ3v) is 5.29. The van der Waals surface area contributed by atoms with Crippen LogP contribution in [0.25, 0.3) is 0 Å². The van der Waals surface area contributed by atoms with E-state index in [0.29, 0.717) is 19.1 Å². The van der Waals surface area contributed by atoms with E-state index in [4.69, 9.17) is 0 Å². The first-order chi connectivity index (χ1) is 10.7. The number of likely N-dealkylation sites (tertiary alicyclic amines) is 1. The van der Waals surface area contributed by atoms with Crippen molar-refractivity contribution in [1.29, 1.82) is 0 Å². The Balaban J connectivity index is 1.54. The Bertz CT molecular complexity index is 624. The first kappa shape index (κ1) is 15.3. The topological polar surface area (TPSA) is 32.3 Å². The van der Waals surface area contributed by atoms with Crippen LogP contribution >= 0.6 is 11.3 Å². The minimum atomic E-state index is 0.117. The fourth-order valence-corrected chi connectivity index (χ4v) is 3.96. The van der Waals surface area contributed by atoms with Crippen molar-refractivity contribution in [3.63, 3.8) is 0 Å². The summed E-state index contributed by atoms with van der Waals surface area (Å²) in [7, 11) is 0. The Morgan fingerprint density at radius 2 is 2.18 bits per heavy atom. The average molecular weight is 314 g/mol. The van der Waals surface area contributed by atoms with E-state index in [2.05, 4.69) is 46.8 Å². The van der Waals surface area contributed by atoms with Gasteiger partial charge in [-0.05, 0) is 48.9 Å². The monoisotopic (exact) mass is 314 g/mol. The van der Waals surface area contributed by atoms with Crippen molar-refractivity contribution in [2.45, 2.75) is 32.4 Å². The van der Waals surface area contributed by atoms with Crippen LogP contribution in [0.15, 0.2) is 41.8 Å². The van der Waals surface area contributed by atoms with Gasteiger partial charge >= 0.3 is 0 Å². The average Bonchev–Trinajstić information content (AvgIpc) is 3.17. The molecule has 1 atom stereocenters. The van der Waals surface area contributed by atoms with Gasteiger partial charge in [0.2, 0.25) is 5.91 Å². The molecule has 0 unspecified atom stereocenters. The summed E-state index contributed by atoms with van der Waals surface area (Å²) in [5.41, 5.74) is 2.41. The lowest BCUT2D eigenvalue weighted by Gasteiger charge is -2.23. The molecule has 3 rings (SSSR count). The van der Waals surface area contributed by atoms with Gasteiger partial charge in [0.1, 0.15) is 0 Å². The second-order valence-corrected chi connectivity index (χ2v) is 6.83. The van der Waals surface area contributed by atoms with Crippen LogP contribution < -0.4 is 5.32 Å². The summed E-state index contributed by atoms with van der Waals surface area (Å²) in [6, 6.07) is 12.9. The standard InChI is InChI=1S/C18H22N2OS/c1-14-6-2-3-7-15(14)12-19-18(21)13-20-10-4-8-16(20)17-9-5-11-22-17/h2-3,5-7,9,11,16H,4,8,10,12-13H2,1H3,(H,19,21)/t16-/m1/s1. The maximum Gasteiger partial charge on any atom is 0.234 e. The lowest BCUT2D eigenvalue weighted by molar-refractivity contribution is -0.122. The third kappa shape index (κ3) is 3.57. The van der Waals surface area contributed by atoms with Crippen molar-refractivity contribution in [1.82, 2.24) is 10.2 Å². The van der Waals surface area contributed by atoms with Crippen LogP contribution in [0, 0.1) is 6.92 Å². The number of nitrogens with zero attached hydrogens (tertiary/aromatic N) is 1. The quantitative estimate of drug-likeness (QED) is 0.916. The van der Waals surface area contributed by atoms with Crippen molar-refractivity contribution in [3.8, 4) is 0 Å². The van der Waals surface area contributed by atoms with Crippen molar-refractivity contribution in [3.05, 3.63) is 57.8 Å². The van der Waals surface area contributed by atoms with E-state index >= 15 is 0 Å². The van der Waals surface area contributed by atoms with Crippen molar-refractivity contribution in [2.75, 3.05) is 13.1 Å². The lowest BCUT2D eigenvalue weighted by atomic mass is 10.1. The fourth-order valence-electron chi connectivity index (χ4n) is 3.06. The highest BCUT2D eigenvalue weighted by Gasteiger charge is 2.27. The van der Waals surface area contributed by atoms with Gasteiger partial charge < -0.3 is 5.32 Å². The van der Waals surface area contributed by atoms with E-state index in [1.54, 1.807) is 11.3 Å². The van der Waals surface area contributed by atoms with Gasteiger partial charge in [-0.15, -0.1) is 11.3 Å². The molecule has 0 spiro atoms. The molecule has 2 heterocycles. The summed E-state index contributed by atoms with van der Waals surface area (Å²) < 4.78 is 0. The highest BCUT2D eigenvalue weighted by molar-refractivity contribution is 7.10. The van der Waals surface area contributed by atoms with Crippen LogP contribution in [0.3, 0.4) is 0 Å². The zero-order chi connectivity index (χ0) is 15.4. The molecule has 1 N–H and O–H groups in total. The van der Waals surface area contributed by atoms with Crippen LogP contribution in [0.1, 0.15) is 34.9 Å². The van der Waals surface area contributed by atoms with E-state index in [1.807, 2.05) is 12.1 Å². The van der Waals surface area contributed by atoms with Gasteiger partial charge in [-0.3, -0.25) is 9.69 Å². The molecule has 1 saturated heterocycles. The molecule has 0 radical (unpaired) electrons. The van der Waals surface area contributed by atoms with Crippen molar-refractivity contribution >= 4 is 17.2 Å². The second kappa shape index (κ2) is 7.07. The molecular formula is C18H22N2OS. The summed E-state index contributed by atoms with van der Waals surface area (Å²) in [4.78, 5) is 15.9. The SMILES string of the molecule is Cc1ccccc1CNC(=O)CN1CCC[C@@H]1c1cccs1. The summed E-state index contributed by atoms with van der Waals surface area (Å²) in [6.45, 7) is 4.20. The van der Waals surface area contributed by atoms with Gasteiger partial charge in [-0.2, -0.15) is 0 Å². The van der Waals surface area contributed by atoms with E-state index in [0.717, 1.165) is 13.0 Å². The van der Waals surface area contributed by atoms with Crippen LogP contribution in [-0.4, -0.2) is 23.9 Å². The highest BCUT2D eigenvalue weighted by Crippen LogP contribution is 2.33. The zero-order valence-electron chi connectivity index (χ0n) is 12.9. The molecule has 22 heavy (non-hydrogen) atoms. The number of amides is 1. The number of aryl methyl sites for hydroxylation is 1. The van der Waals surface area contributed by atoms with E-state index < -0.39 is 0 Å². The van der Waals surface area contributed by atoms with Crippen LogP contribution in [0.2, 0.25) is 0 Å². The maximum atomic E-state index is 12.2. The van der Waals surface area contributed by atoms with Crippen LogP contribution in [0.5, 0.6) is 0 Å². The first-order valence-electron chi connectivity index (χ1n) is 7.82. The lowest BCUT2D eigenvalue weighted by Crippen LogP contribution is -2.36. The number of hydrogen-bond acceptors (Lipinski definition) is 3. The smallest absolute Gasteiger partial charge is 0.234 e. The number of rotatable bonds is 5. The minimum absolute atomic E-state index is 0.117. The minimum Gasteiger partial charge on any atom is -0.351 e. The van der Waals surface area contributed by atoms with Gasteiger partial charge in [0.05, 0.1) is 6.54 Å². The van der Waals surface area contributed by atoms with E-state index in [-0.39, 0.29) is 5.91 Å². The predicted molar refractivity (Wildman–Crippen MR) is 90.9 cm³/mol. The van der Waals surface area contributed by atoms with Gasteiger partial charge in [0.15, 0.2) is 0 Å². The number of benzene rings is 1. The molecule has 1 fully saturated rings. The Labute approximate surface area is 136 Å². The Morgan fingerprint density at radius 3 is 2.95 bits per heavy atom. The molecule has 0 saturated carbocycles. The molecule has 1 amide bonds. The van der Waals surface area contributed by atoms with Gasteiger partial charge in [0, 0.05) is 17.5 Å². The Hall–Kier alpha value is -1.65. The molecule has 1 aromatic carbocycles. The largest absolute Gasteiger partial charge is 0.351 e. The van der Waals surface area contributed by atoms with E-state index in [1.165, 1.54) is 22.4 Å². The molecule has 0 bridgehead atoms. The summed E-state index contributed by atoms with van der Waals surface area (Å²) in [5, 5.41) is 5.17. The number of hydrogen-bond donors (Lipinski definition) is 1. The third-order valence-electron chi connectivity index (χ3n) is 4.32. The number of thiophene rings is 1. The number of nitrogens with one attached hydrogen (secondary N) is 1. The van der Waals surface area contributed by atoms with Crippen molar-refractivity contribution < 1.29 is 4.79 Å². The Kier molecular flexibility index (Phi) is 4.90. The maximum absolute atomic E-state index is 12.2. The molecule has 0 aliphatic carbocycles. The van der Waals surface area contributed by atoms with Crippen LogP contribution in [0.4, 0.5) is 0 Å². The summed E-state index contributed by atoms with van der Waals surface area (Å²) in [6.07, 6.45) is 2.33. The highest BCUT2D eigenvalue weighted by atomic mass is 32.1. The molecule has 2 aromatic rings. The Morgan fingerprint density at radius 1 is 1.32 bits per heavy atom. The molecular weight excluding hydrogens is 292 g/mol. The molecule has 1 aromatic heterocycles. The van der Waals surface area contributed by atoms with Gasteiger partial charge in [-0.25, -0.2) is 0 Å². The summed E-state index contributed by atoms with van der Waals surface area (Å²) >= 11 is 1.79. The predicted octanol–water partition coefficient (Wildman–Crippen LogP) is 3.51.